The Morgan fingerprint density at radius 3 is 2.67 bits per heavy atom. The molecule has 0 aromatic heterocycles. The quantitative estimate of drug-likeness (QED) is 0.739. The maximum atomic E-state index is 12.8. The number of nitrogens with zero attached hydrogens (tertiary/aromatic N) is 2. The van der Waals surface area contributed by atoms with E-state index in [1.54, 1.807) is 12.0 Å². The topological polar surface area (TPSA) is 61.9 Å². The van der Waals surface area contributed by atoms with Gasteiger partial charge in [-0.1, -0.05) is 30.3 Å². The summed E-state index contributed by atoms with van der Waals surface area (Å²) in [5.41, 5.74) is 1.90. The summed E-state index contributed by atoms with van der Waals surface area (Å²) in [6.07, 6.45) is 2.33. The van der Waals surface area contributed by atoms with Crippen LogP contribution < -0.4 is 15.0 Å². The van der Waals surface area contributed by atoms with Crippen molar-refractivity contribution in [3.8, 4) is 5.75 Å². The summed E-state index contributed by atoms with van der Waals surface area (Å²) in [7, 11) is 1.68. The van der Waals surface area contributed by atoms with Crippen molar-refractivity contribution in [3.63, 3.8) is 0 Å². The molecule has 0 spiro atoms. The summed E-state index contributed by atoms with van der Waals surface area (Å²) >= 11 is 1.52. The lowest BCUT2D eigenvalue weighted by Gasteiger charge is -2.31. The molecule has 1 saturated heterocycles. The Kier molecular flexibility index (Phi) is 6.59. The van der Waals surface area contributed by atoms with Crippen molar-refractivity contribution in [2.75, 3.05) is 43.9 Å². The number of hydrogen-bond acceptors (Lipinski definition) is 5. The molecule has 2 aromatic rings. The number of hydrogen-bond donors (Lipinski definition) is 1. The van der Waals surface area contributed by atoms with Gasteiger partial charge in [0.05, 0.1) is 24.6 Å². The summed E-state index contributed by atoms with van der Waals surface area (Å²) in [6, 6.07) is 15.8. The van der Waals surface area contributed by atoms with Crippen molar-refractivity contribution in [3.05, 3.63) is 54.1 Å². The first-order valence-electron chi connectivity index (χ1n) is 10.3. The molecule has 2 aliphatic heterocycles. The number of carbonyl (C=O) groups is 2. The van der Waals surface area contributed by atoms with E-state index in [0.717, 1.165) is 47.8 Å². The van der Waals surface area contributed by atoms with Crippen molar-refractivity contribution in [1.29, 1.82) is 0 Å². The van der Waals surface area contributed by atoms with Gasteiger partial charge in [0.25, 0.3) is 0 Å². The number of amides is 2. The van der Waals surface area contributed by atoms with Crippen molar-refractivity contribution in [1.82, 2.24) is 10.2 Å². The lowest BCUT2D eigenvalue weighted by Crippen LogP contribution is -2.45. The molecule has 4 rings (SSSR count). The molecule has 0 bridgehead atoms. The molecule has 158 valence electrons. The molecule has 0 unspecified atom stereocenters. The number of benzene rings is 2. The molecule has 7 heteroatoms. The molecular weight excluding hydrogens is 398 g/mol. The zero-order chi connectivity index (χ0) is 20.9. The number of thioether (sulfide) groups is 1. The lowest BCUT2D eigenvalue weighted by molar-refractivity contribution is -0.123. The van der Waals surface area contributed by atoms with Crippen molar-refractivity contribution in [2.24, 2.45) is 0 Å². The maximum absolute atomic E-state index is 12.8. The van der Waals surface area contributed by atoms with E-state index < -0.39 is 0 Å². The molecule has 1 fully saturated rings. The fraction of sp³-hybridized carbons (Fsp3) is 0.391. The van der Waals surface area contributed by atoms with Gasteiger partial charge in [-0.2, -0.15) is 0 Å². The van der Waals surface area contributed by atoms with Gasteiger partial charge in [0, 0.05) is 17.0 Å². The van der Waals surface area contributed by atoms with Crippen LogP contribution in [0.3, 0.4) is 0 Å². The van der Waals surface area contributed by atoms with Gasteiger partial charge in [0.1, 0.15) is 12.3 Å². The predicted molar refractivity (Wildman–Crippen MR) is 119 cm³/mol. The minimum Gasteiger partial charge on any atom is -0.496 e. The molecule has 1 atom stereocenters. The normalized spacial score (nSPS) is 17.5. The second-order valence-corrected chi connectivity index (χ2v) is 8.56. The summed E-state index contributed by atoms with van der Waals surface area (Å²) in [4.78, 5) is 30.3. The molecule has 6 nitrogen and oxygen atoms in total. The minimum absolute atomic E-state index is 0.0327. The molecule has 2 aromatic carbocycles. The number of likely N-dealkylation sites (tertiary alicyclic amines) is 1. The number of anilines is 1. The Labute approximate surface area is 181 Å². The van der Waals surface area contributed by atoms with Gasteiger partial charge in [-0.3, -0.25) is 14.5 Å². The van der Waals surface area contributed by atoms with Gasteiger partial charge < -0.3 is 15.0 Å². The molecule has 2 heterocycles. The van der Waals surface area contributed by atoms with Crippen LogP contribution in [0.1, 0.15) is 24.4 Å². The molecule has 2 aliphatic rings. The molecule has 1 N–H and O–H groups in total. The van der Waals surface area contributed by atoms with Crippen molar-refractivity contribution < 1.29 is 14.3 Å². The smallest absolute Gasteiger partial charge is 0.240 e. The largest absolute Gasteiger partial charge is 0.496 e. The van der Waals surface area contributed by atoms with Gasteiger partial charge in [-0.15, -0.1) is 11.8 Å². The van der Waals surface area contributed by atoms with Crippen LogP contribution in [0.4, 0.5) is 5.69 Å². The van der Waals surface area contributed by atoms with Crippen LogP contribution in [0.15, 0.2) is 53.4 Å². The van der Waals surface area contributed by atoms with Crippen molar-refractivity contribution in [2.45, 2.75) is 23.8 Å². The zero-order valence-corrected chi connectivity index (χ0v) is 18.0. The molecule has 30 heavy (non-hydrogen) atoms. The number of para-hydroxylation sites is 2. The average Bonchev–Trinajstić information content (AvgIpc) is 3.31. The number of carbonyl (C=O) groups excluding carboxylic acids is 2. The van der Waals surface area contributed by atoms with E-state index in [1.165, 1.54) is 11.8 Å². The van der Waals surface area contributed by atoms with E-state index in [-0.39, 0.29) is 24.4 Å². The Hall–Kier alpha value is -2.51. The monoisotopic (exact) mass is 425 g/mol. The van der Waals surface area contributed by atoms with Crippen LogP contribution in [-0.4, -0.2) is 55.8 Å². The molecule has 0 radical (unpaired) electrons. The van der Waals surface area contributed by atoms with Crippen LogP contribution in [0, 0.1) is 0 Å². The summed E-state index contributed by atoms with van der Waals surface area (Å²) in [5.74, 6) is 1.02. The average molecular weight is 426 g/mol. The third kappa shape index (κ3) is 4.47. The van der Waals surface area contributed by atoms with Crippen LogP contribution in [-0.2, 0) is 9.59 Å². The number of methoxy groups -OCH3 is 1. The van der Waals surface area contributed by atoms with Crippen molar-refractivity contribution >= 4 is 29.3 Å². The first-order chi connectivity index (χ1) is 14.7. The van der Waals surface area contributed by atoms with Gasteiger partial charge in [0.2, 0.25) is 11.8 Å². The number of fused-ring (bicyclic) bond motifs is 1. The van der Waals surface area contributed by atoms with Crippen LogP contribution in [0.25, 0.3) is 0 Å². The zero-order valence-electron chi connectivity index (χ0n) is 17.2. The second-order valence-electron chi connectivity index (χ2n) is 7.54. The molecule has 0 saturated carbocycles. The summed E-state index contributed by atoms with van der Waals surface area (Å²) in [6.45, 7) is 2.54. The Morgan fingerprint density at radius 1 is 1.13 bits per heavy atom. The number of nitrogens with one attached hydrogen (secondary N) is 1. The molecular formula is C23H27N3O3S. The summed E-state index contributed by atoms with van der Waals surface area (Å²) < 4.78 is 5.57. The summed E-state index contributed by atoms with van der Waals surface area (Å²) in [5, 5.41) is 3.07. The van der Waals surface area contributed by atoms with Gasteiger partial charge in [-0.25, -0.2) is 0 Å². The SMILES string of the molecule is COc1ccccc1[C@@H](CNC(=O)CN1C(=O)CSc2ccccc21)N1CCCC1. The lowest BCUT2D eigenvalue weighted by atomic mass is 10.0. The molecule has 0 aliphatic carbocycles. The highest BCUT2D eigenvalue weighted by molar-refractivity contribution is 8.00. The Bertz CT molecular complexity index is 914. The van der Waals surface area contributed by atoms with E-state index in [0.29, 0.717) is 12.3 Å². The number of ether oxygens (including phenoxy) is 1. The van der Waals surface area contributed by atoms with E-state index in [4.69, 9.17) is 4.74 Å². The standard InChI is InChI=1S/C23H27N3O3S/c1-29-20-10-4-2-8-17(20)19(25-12-6-7-13-25)14-24-22(27)15-26-18-9-3-5-11-21(18)30-16-23(26)28/h2-5,8-11,19H,6-7,12-16H2,1H3,(H,24,27)/t19-/m1/s1. The minimum atomic E-state index is -0.149. The molecule has 2 amide bonds. The van der Waals surface area contributed by atoms with E-state index >= 15 is 0 Å². The van der Waals surface area contributed by atoms with Crippen LogP contribution >= 0.6 is 11.8 Å². The van der Waals surface area contributed by atoms with Gasteiger partial charge in [0.15, 0.2) is 0 Å². The fourth-order valence-corrected chi connectivity index (χ4v) is 5.10. The Balaban J connectivity index is 1.46. The number of rotatable bonds is 7. The highest BCUT2D eigenvalue weighted by atomic mass is 32.2. The first-order valence-corrected chi connectivity index (χ1v) is 11.3. The third-order valence-corrected chi connectivity index (χ3v) is 6.73. The van der Waals surface area contributed by atoms with E-state index in [2.05, 4.69) is 16.3 Å². The third-order valence-electron chi connectivity index (χ3n) is 5.68. The highest BCUT2D eigenvalue weighted by Gasteiger charge is 2.29. The highest BCUT2D eigenvalue weighted by Crippen LogP contribution is 2.35. The van der Waals surface area contributed by atoms with Crippen LogP contribution in [0.2, 0.25) is 0 Å². The predicted octanol–water partition coefficient (Wildman–Crippen LogP) is 3.09. The van der Waals surface area contributed by atoms with E-state index in [1.807, 2.05) is 42.5 Å². The van der Waals surface area contributed by atoms with E-state index in [9.17, 15) is 9.59 Å². The fourth-order valence-electron chi connectivity index (χ4n) is 4.17. The van der Waals surface area contributed by atoms with Crippen LogP contribution in [0.5, 0.6) is 5.75 Å². The maximum Gasteiger partial charge on any atom is 0.240 e. The first kappa shape index (κ1) is 20.8. The van der Waals surface area contributed by atoms with Gasteiger partial charge >= 0.3 is 0 Å². The van der Waals surface area contributed by atoms with Gasteiger partial charge in [-0.05, 0) is 44.1 Å². The Morgan fingerprint density at radius 2 is 1.87 bits per heavy atom. The second kappa shape index (κ2) is 9.53.